The van der Waals surface area contributed by atoms with Crippen molar-refractivity contribution in [1.82, 2.24) is 25.0 Å². The van der Waals surface area contributed by atoms with Gasteiger partial charge in [0.1, 0.15) is 5.69 Å². The average Bonchev–Trinajstić information content (AvgIpc) is 3.27. The maximum absolute atomic E-state index is 13.2. The van der Waals surface area contributed by atoms with Crippen LogP contribution in [-0.4, -0.2) is 55.3 Å². The van der Waals surface area contributed by atoms with E-state index in [1.165, 1.54) is 0 Å². The quantitative estimate of drug-likeness (QED) is 0.541. The lowest BCUT2D eigenvalue weighted by molar-refractivity contribution is 0.0740. The topological polar surface area (TPSA) is 103 Å². The van der Waals surface area contributed by atoms with Crippen LogP contribution in [0.15, 0.2) is 34.8 Å². The van der Waals surface area contributed by atoms with Gasteiger partial charge in [0.25, 0.3) is 11.8 Å². The summed E-state index contributed by atoms with van der Waals surface area (Å²) in [7, 11) is 0. The van der Waals surface area contributed by atoms with E-state index < -0.39 is 5.54 Å². The molecule has 158 valence electrons. The van der Waals surface area contributed by atoms with Crippen LogP contribution in [0.25, 0.3) is 10.9 Å². The minimum absolute atomic E-state index is 0.0832. The molecule has 2 aromatic heterocycles. The summed E-state index contributed by atoms with van der Waals surface area (Å²) in [4.78, 5) is 30.6. The molecule has 0 saturated heterocycles. The number of amides is 2. The van der Waals surface area contributed by atoms with E-state index in [1.807, 2.05) is 24.3 Å². The van der Waals surface area contributed by atoms with Gasteiger partial charge < -0.3 is 20.3 Å². The molecule has 1 aliphatic heterocycles. The first kappa shape index (κ1) is 20.6. The molecule has 0 spiro atoms. The fourth-order valence-corrected chi connectivity index (χ4v) is 4.04. The molecule has 9 heteroatoms. The van der Waals surface area contributed by atoms with E-state index in [0.717, 1.165) is 27.5 Å². The van der Waals surface area contributed by atoms with E-state index in [1.54, 1.807) is 29.5 Å². The summed E-state index contributed by atoms with van der Waals surface area (Å²) in [5.74, 6) is -0.423. The van der Waals surface area contributed by atoms with Crippen LogP contribution in [0.5, 0.6) is 0 Å². The maximum atomic E-state index is 13.2. The van der Waals surface area contributed by atoms with Gasteiger partial charge in [0.05, 0.1) is 29.9 Å². The Morgan fingerprint density at radius 3 is 2.83 bits per heavy atom. The summed E-state index contributed by atoms with van der Waals surface area (Å²) in [5.41, 5.74) is 1.79. The van der Waals surface area contributed by atoms with Crippen LogP contribution in [0.4, 0.5) is 0 Å². The third-order valence-corrected chi connectivity index (χ3v) is 5.88. The lowest BCUT2D eigenvalue weighted by Crippen LogP contribution is -2.46. The Morgan fingerprint density at radius 1 is 1.30 bits per heavy atom. The lowest BCUT2D eigenvalue weighted by atomic mass is 10.1. The number of nitrogens with one attached hydrogen (secondary N) is 2. The van der Waals surface area contributed by atoms with Crippen molar-refractivity contribution in [3.63, 3.8) is 0 Å². The van der Waals surface area contributed by atoms with Gasteiger partial charge >= 0.3 is 0 Å². The summed E-state index contributed by atoms with van der Waals surface area (Å²) in [6.07, 6.45) is 0.744. The van der Waals surface area contributed by atoms with Gasteiger partial charge in [-0.15, -0.1) is 0 Å². The highest BCUT2D eigenvalue weighted by Gasteiger charge is 2.26. The number of halogens is 1. The van der Waals surface area contributed by atoms with E-state index in [-0.39, 0.29) is 24.1 Å². The van der Waals surface area contributed by atoms with Crippen LogP contribution in [0.3, 0.4) is 0 Å². The fraction of sp³-hybridized carbons (Fsp3) is 0.381. The van der Waals surface area contributed by atoms with Crippen molar-refractivity contribution in [3.8, 4) is 0 Å². The number of carbonyl (C=O) groups is 2. The number of benzene rings is 1. The second kappa shape index (κ2) is 7.88. The molecule has 4 rings (SSSR count). The first-order valence-electron chi connectivity index (χ1n) is 9.84. The zero-order valence-electron chi connectivity index (χ0n) is 16.9. The third-order valence-electron chi connectivity index (χ3n) is 5.22. The predicted molar refractivity (Wildman–Crippen MR) is 116 cm³/mol. The summed E-state index contributed by atoms with van der Waals surface area (Å²) < 4.78 is 2.70. The number of fused-ring (bicyclic) bond motifs is 2. The molecule has 30 heavy (non-hydrogen) atoms. The van der Waals surface area contributed by atoms with E-state index >= 15 is 0 Å². The smallest absolute Gasteiger partial charge is 0.272 e. The van der Waals surface area contributed by atoms with Crippen molar-refractivity contribution in [2.75, 3.05) is 13.2 Å². The molecule has 0 radical (unpaired) electrons. The molecule has 3 N–H and O–H groups in total. The van der Waals surface area contributed by atoms with Crippen LogP contribution in [0.2, 0.25) is 0 Å². The average molecular weight is 474 g/mol. The lowest BCUT2D eigenvalue weighted by Gasteiger charge is -2.22. The molecular weight excluding hydrogens is 450 g/mol. The minimum atomic E-state index is -0.732. The first-order valence-corrected chi connectivity index (χ1v) is 10.6. The number of nitrogens with zero attached hydrogens (tertiary/aromatic N) is 3. The van der Waals surface area contributed by atoms with Gasteiger partial charge in [0.2, 0.25) is 0 Å². The van der Waals surface area contributed by atoms with Gasteiger partial charge in [-0.2, -0.15) is 5.10 Å². The molecule has 3 heterocycles. The number of hydrogen-bond donors (Lipinski definition) is 3. The van der Waals surface area contributed by atoms with E-state index in [9.17, 15) is 14.7 Å². The largest absolute Gasteiger partial charge is 0.394 e. The number of hydrogen-bond acceptors (Lipinski definition) is 4. The van der Waals surface area contributed by atoms with Gasteiger partial charge in [-0.25, -0.2) is 0 Å². The van der Waals surface area contributed by atoms with Crippen LogP contribution < -0.4 is 5.32 Å². The monoisotopic (exact) mass is 473 g/mol. The number of H-pyrrole nitrogens is 1. The Kier molecular flexibility index (Phi) is 5.42. The van der Waals surface area contributed by atoms with Crippen molar-refractivity contribution in [2.45, 2.75) is 38.9 Å². The highest BCUT2D eigenvalue weighted by molar-refractivity contribution is 9.10. The number of aliphatic hydroxyl groups excluding tert-OH is 1. The Bertz CT molecular complexity index is 1120. The molecular formula is C21H24BrN5O3. The van der Waals surface area contributed by atoms with Crippen molar-refractivity contribution in [2.24, 2.45) is 0 Å². The summed E-state index contributed by atoms with van der Waals surface area (Å²) in [5, 5.41) is 17.5. The maximum Gasteiger partial charge on any atom is 0.272 e. The van der Waals surface area contributed by atoms with Crippen molar-refractivity contribution < 1.29 is 14.7 Å². The molecule has 0 saturated carbocycles. The molecule has 0 fully saturated rings. The standard InChI is InChI=1S/C21H24BrN5O3/c1-21(2,12-28)24-19(29)16-10-14-11-26(7-4-8-27(14)25-16)20(30)17-9-13-5-3-6-15(22)18(13)23-17/h3,5-6,9-10,23,28H,4,7-8,11-12H2,1-2H3,(H,24,29). The number of aliphatic hydroxyl groups is 1. The zero-order valence-corrected chi connectivity index (χ0v) is 18.5. The second-order valence-electron chi connectivity index (χ2n) is 8.21. The second-order valence-corrected chi connectivity index (χ2v) is 9.06. The third kappa shape index (κ3) is 3.99. The number of aromatic amines is 1. The molecule has 1 aromatic carbocycles. The van der Waals surface area contributed by atoms with Gasteiger partial charge in [0.15, 0.2) is 5.69 Å². The van der Waals surface area contributed by atoms with Crippen molar-refractivity contribution >= 4 is 38.6 Å². The molecule has 0 unspecified atom stereocenters. The Morgan fingerprint density at radius 2 is 2.10 bits per heavy atom. The van der Waals surface area contributed by atoms with Gasteiger partial charge in [-0.1, -0.05) is 12.1 Å². The molecule has 2 amide bonds. The number of aromatic nitrogens is 3. The van der Waals surface area contributed by atoms with Crippen LogP contribution in [-0.2, 0) is 13.1 Å². The van der Waals surface area contributed by atoms with Crippen molar-refractivity contribution in [1.29, 1.82) is 0 Å². The normalized spacial score (nSPS) is 14.5. The molecule has 0 atom stereocenters. The fourth-order valence-electron chi connectivity index (χ4n) is 3.56. The number of para-hydroxylation sites is 1. The van der Waals surface area contributed by atoms with Crippen molar-refractivity contribution in [3.05, 3.63) is 51.9 Å². The van der Waals surface area contributed by atoms with Gasteiger partial charge in [-0.05, 0) is 54.4 Å². The van der Waals surface area contributed by atoms with E-state index in [0.29, 0.717) is 25.3 Å². The molecule has 0 aliphatic carbocycles. The summed E-state index contributed by atoms with van der Waals surface area (Å²) in [6, 6.07) is 9.41. The highest BCUT2D eigenvalue weighted by Crippen LogP contribution is 2.25. The van der Waals surface area contributed by atoms with Crippen LogP contribution in [0, 0.1) is 0 Å². The Labute approximate surface area is 182 Å². The molecule has 8 nitrogen and oxygen atoms in total. The van der Waals surface area contributed by atoms with Gasteiger partial charge in [-0.3, -0.25) is 14.3 Å². The number of rotatable bonds is 4. The zero-order chi connectivity index (χ0) is 21.5. The van der Waals surface area contributed by atoms with E-state index in [4.69, 9.17) is 0 Å². The summed E-state index contributed by atoms with van der Waals surface area (Å²) in [6.45, 7) is 4.93. The molecule has 0 bridgehead atoms. The Balaban J connectivity index is 1.55. The van der Waals surface area contributed by atoms with E-state index in [2.05, 4.69) is 31.3 Å². The molecule has 1 aliphatic rings. The van der Waals surface area contributed by atoms with Gasteiger partial charge in [0, 0.05) is 22.9 Å². The minimum Gasteiger partial charge on any atom is -0.394 e. The highest BCUT2D eigenvalue weighted by atomic mass is 79.9. The number of carbonyl (C=O) groups excluding carboxylic acids is 2. The first-order chi connectivity index (χ1) is 14.3. The number of aryl methyl sites for hydroxylation is 1. The summed E-state index contributed by atoms with van der Waals surface area (Å²) >= 11 is 3.51. The van der Waals surface area contributed by atoms with Crippen LogP contribution >= 0.6 is 15.9 Å². The Hall–Kier alpha value is -2.65. The van der Waals surface area contributed by atoms with Crippen LogP contribution in [0.1, 0.15) is 46.9 Å². The SMILES string of the molecule is CC(C)(CO)NC(=O)c1cc2n(n1)CCCN(C(=O)c1cc3cccc(Br)c3[nH]1)C2. The predicted octanol–water partition coefficient (Wildman–Crippen LogP) is 2.67. The molecule has 3 aromatic rings.